The van der Waals surface area contributed by atoms with Crippen molar-refractivity contribution in [1.29, 1.82) is 0 Å². The molecule has 0 saturated carbocycles. The van der Waals surface area contributed by atoms with E-state index in [1.165, 1.54) is 24.7 Å². The van der Waals surface area contributed by atoms with Crippen molar-refractivity contribution < 1.29 is 24.2 Å². The minimum Gasteiger partial charge on any atom is -0.477 e. The van der Waals surface area contributed by atoms with Crippen LogP contribution in [0.2, 0.25) is 0 Å². The van der Waals surface area contributed by atoms with E-state index in [-0.39, 0.29) is 24.8 Å². The monoisotopic (exact) mass is 448 g/mol. The predicted octanol–water partition coefficient (Wildman–Crippen LogP) is 2.66. The van der Waals surface area contributed by atoms with Crippen molar-refractivity contribution in [3.63, 3.8) is 0 Å². The van der Waals surface area contributed by atoms with E-state index in [0.717, 1.165) is 22.3 Å². The van der Waals surface area contributed by atoms with Gasteiger partial charge in [-0.3, -0.25) is 9.48 Å². The number of hydrogen-bond donors (Lipinski definition) is 3. The quantitative estimate of drug-likeness (QED) is 0.511. The van der Waals surface area contributed by atoms with Crippen molar-refractivity contribution >= 4 is 18.0 Å². The lowest BCUT2D eigenvalue weighted by Gasteiger charge is -2.17. The predicted molar refractivity (Wildman–Crippen MR) is 120 cm³/mol. The molecule has 2 amide bonds. The average molecular weight is 448 g/mol. The van der Waals surface area contributed by atoms with Gasteiger partial charge < -0.3 is 20.5 Å². The van der Waals surface area contributed by atoms with Gasteiger partial charge in [0.25, 0.3) is 0 Å². The van der Waals surface area contributed by atoms with Crippen LogP contribution in [0.3, 0.4) is 0 Å². The molecule has 33 heavy (non-hydrogen) atoms. The molecule has 2 aromatic carbocycles. The second-order valence-electron chi connectivity index (χ2n) is 7.86. The number of nitrogens with zero attached hydrogens (tertiary/aromatic N) is 2. The van der Waals surface area contributed by atoms with Gasteiger partial charge in [0.15, 0.2) is 0 Å². The van der Waals surface area contributed by atoms with Gasteiger partial charge >= 0.3 is 12.1 Å². The molecule has 9 heteroatoms. The number of fused-ring (bicyclic) bond motifs is 3. The second kappa shape index (κ2) is 9.15. The van der Waals surface area contributed by atoms with E-state index in [9.17, 15) is 14.4 Å². The number of alkyl carbamates (subject to hydrolysis) is 1. The van der Waals surface area contributed by atoms with E-state index in [1.807, 2.05) is 36.4 Å². The molecule has 1 aromatic heterocycles. The molecule has 1 aliphatic rings. The molecule has 1 heterocycles. The van der Waals surface area contributed by atoms with Gasteiger partial charge in [-0.05, 0) is 35.2 Å². The van der Waals surface area contributed by atoms with Crippen LogP contribution >= 0.6 is 0 Å². The van der Waals surface area contributed by atoms with E-state index in [4.69, 9.17) is 9.84 Å². The summed E-state index contributed by atoms with van der Waals surface area (Å²) in [5, 5.41) is 18.3. The smallest absolute Gasteiger partial charge is 0.407 e. The molecular formula is C24H24N4O5. The molecule has 1 aliphatic carbocycles. The number of carbonyl (C=O) groups excluding carboxylic acids is 2. The molecule has 0 aliphatic heterocycles. The van der Waals surface area contributed by atoms with Crippen LogP contribution in [0.15, 0.2) is 54.6 Å². The Labute approximate surface area is 190 Å². The van der Waals surface area contributed by atoms with Crippen LogP contribution in [0.1, 0.15) is 40.2 Å². The molecule has 3 N–H and O–H groups in total. The third kappa shape index (κ3) is 4.57. The Kier molecular flexibility index (Phi) is 6.12. The fourth-order valence-corrected chi connectivity index (χ4v) is 4.03. The molecule has 0 radical (unpaired) electrons. The fraction of sp³-hybridized carbons (Fsp3) is 0.250. The minimum atomic E-state index is -1.10. The first-order valence-corrected chi connectivity index (χ1v) is 10.5. The Morgan fingerprint density at radius 2 is 1.70 bits per heavy atom. The molecule has 0 spiro atoms. The average Bonchev–Trinajstić information content (AvgIpc) is 3.33. The Morgan fingerprint density at radius 3 is 2.27 bits per heavy atom. The Balaban J connectivity index is 1.30. The number of hydrogen-bond acceptors (Lipinski definition) is 5. The first-order valence-electron chi connectivity index (χ1n) is 10.5. The number of aryl methyl sites for hydroxylation is 1. The molecule has 4 rings (SSSR count). The zero-order valence-electron chi connectivity index (χ0n) is 18.2. The van der Waals surface area contributed by atoms with Gasteiger partial charge in [-0.2, -0.15) is 5.10 Å². The van der Waals surface area contributed by atoms with Crippen molar-refractivity contribution in [1.82, 2.24) is 20.4 Å². The van der Waals surface area contributed by atoms with E-state index < -0.39 is 24.0 Å². The molecule has 0 fully saturated rings. The topological polar surface area (TPSA) is 123 Å². The highest BCUT2D eigenvalue weighted by Gasteiger charge is 2.29. The molecule has 170 valence electrons. The van der Waals surface area contributed by atoms with Gasteiger partial charge in [0.2, 0.25) is 5.91 Å². The zero-order valence-corrected chi connectivity index (χ0v) is 18.2. The van der Waals surface area contributed by atoms with E-state index in [0.29, 0.717) is 5.69 Å². The lowest BCUT2D eigenvalue weighted by molar-refractivity contribution is -0.122. The lowest BCUT2D eigenvalue weighted by Crippen LogP contribution is -2.45. The summed E-state index contributed by atoms with van der Waals surface area (Å²) in [6, 6.07) is 16.6. The van der Waals surface area contributed by atoms with Crippen LogP contribution in [0.4, 0.5) is 4.79 Å². The van der Waals surface area contributed by atoms with Crippen molar-refractivity contribution in [2.75, 3.05) is 6.61 Å². The van der Waals surface area contributed by atoms with E-state index >= 15 is 0 Å². The zero-order chi connectivity index (χ0) is 23.5. The highest BCUT2D eigenvalue weighted by atomic mass is 16.5. The summed E-state index contributed by atoms with van der Waals surface area (Å²) >= 11 is 0. The van der Waals surface area contributed by atoms with Gasteiger partial charge in [-0.15, -0.1) is 0 Å². The Bertz CT molecular complexity index is 1170. The number of carboxylic acids is 1. The molecule has 0 unspecified atom stereocenters. The van der Waals surface area contributed by atoms with Gasteiger partial charge in [0.1, 0.15) is 18.3 Å². The van der Waals surface area contributed by atoms with Crippen molar-refractivity contribution in [3.05, 3.63) is 77.1 Å². The van der Waals surface area contributed by atoms with Crippen molar-refractivity contribution in [2.24, 2.45) is 7.05 Å². The summed E-state index contributed by atoms with van der Waals surface area (Å²) in [6.45, 7) is 1.73. The summed E-state index contributed by atoms with van der Waals surface area (Å²) in [7, 11) is 1.51. The highest BCUT2D eigenvalue weighted by Crippen LogP contribution is 2.44. The number of ether oxygens (including phenoxy) is 1. The van der Waals surface area contributed by atoms with Crippen LogP contribution in [-0.4, -0.2) is 45.5 Å². The van der Waals surface area contributed by atoms with Gasteiger partial charge in [-0.1, -0.05) is 48.5 Å². The number of benzene rings is 2. The second-order valence-corrected chi connectivity index (χ2v) is 7.86. The van der Waals surface area contributed by atoms with Gasteiger partial charge in [0.05, 0.1) is 12.2 Å². The summed E-state index contributed by atoms with van der Waals surface area (Å²) < 4.78 is 6.68. The largest absolute Gasteiger partial charge is 0.477 e. The first kappa shape index (κ1) is 22.1. The molecule has 9 nitrogen and oxygen atoms in total. The van der Waals surface area contributed by atoms with Gasteiger partial charge in [0, 0.05) is 13.0 Å². The highest BCUT2D eigenvalue weighted by molar-refractivity contribution is 5.86. The number of carboxylic acid groups (broad SMARTS) is 1. The third-order valence-electron chi connectivity index (χ3n) is 5.66. The number of rotatable bonds is 7. The van der Waals surface area contributed by atoms with E-state index in [2.05, 4.69) is 27.9 Å². The summed E-state index contributed by atoms with van der Waals surface area (Å²) in [4.78, 5) is 35.8. The van der Waals surface area contributed by atoms with Crippen LogP contribution in [0.5, 0.6) is 0 Å². The number of carbonyl (C=O) groups is 3. The number of amides is 2. The normalized spacial score (nSPS) is 13.0. The number of aromatic carboxylic acids is 1. The van der Waals surface area contributed by atoms with Crippen LogP contribution in [0, 0.1) is 0 Å². The maximum atomic E-state index is 12.3. The summed E-state index contributed by atoms with van der Waals surface area (Å²) in [5.74, 6) is -1.61. The maximum absolute atomic E-state index is 12.3. The standard InChI is InChI=1S/C24H24N4O5/c1-14(22(29)25-12-15-11-21(23(30)31)28(2)27-15)26-24(32)33-13-20-18-9-5-3-7-16(18)17-8-4-6-10-19(17)20/h3-11,14,20H,12-13H2,1-2H3,(H,25,29)(H,26,32)(H,30,31)/t14-/m0/s1. The molecule has 0 saturated heterocycles. The van der Waals surface area contributed by atoms with Crippen molar-refractivity contribution in [2.45, 2.75) is 25.4 Å². The lowest BCUT2D eigenvalue weighted by atomic mass is 9.98. The minimum absolute atomic E-state index is 0.0176. The first-order chi connectivity index (χ1) is 15.8. The summed E-state index contributed by atoms with van der Waals surface area (Å²) in [6.07, 6.45) is -0.689. The van der Waals surface area contributed by atoms with Crippen molar-refractivity contribution in [3.8, 4) is 11.1 Å². The van der Waals surface area contributed by atoms with Gasteiger partial charge in [-0.25, -0.2) is 9.59 Å². The maximum Gasteiger partial charge on any atom is 0.407 e. The fourth-order valence-electron chi connectivity index (χ4n) is 4.03. The molecule has 0 bridgehead atoms. The number of nitrogens with one attached hydrogen (secondary N) is 2. The molecular weight excluding hydrogens is 424 g/mol. The third-order valence-corrected chi connectivity index (χ3v) is 5.66. The Hall–Kier alpha value is -4.14. The molecule has 1 atom stereocenters. The van der Waals surface area contributed by atoms with Crippen LogP contribution < -0.4 is 10.6 Å². The SMILES string of the molecule is C[C@H](NC(=O)OCC1c2ccccc2-c2ccccc21)C(=O)NCc1cc(C(=O)O)n(C)n1. The van der Waals surface area contributed by atoms with Crippen LogP contribution in [0.25, 0.3) is 11.1 Å². The number of aromatic nitrogens is 2. The molecule has 3 aromatic rings. The van der Waals surface area contributed by atoms with Crippen LogP contribution in [-0.2, 0) is 23.1 Å². The van der Waals surface area contributed by atoms with E-state index in [1.54, 1.807) is 0 Å². The summed E-state index contributed by atoms with van der Waals surface area (Å²) in [5.41, 5.74) is 4.90. The Morgan fingerprint density at radius 1 is 1.09 bits per heavy atom.